The molecule has 2 aliphatic rings. The van der Waals surface area contributed by atoms with Crippen LogP contribution in [0.1, 0.15) is 29.6 Å². The van der Waals surface area contributed by atoms with Crippen LogP contribution in [0.25, 0.3) is 11.0 Å². The molecule has 3 aromatic rings. The van der Waals surface area contributed by atoms with E-state index in [1.165, 1.54) is 17.8 Å². The highest BCUT2D eigenvalue weighted by Crippen LogP contribution is 2.35. The molecule has 0 radical (unpaired) electrons. The number of fused-ring (bicyclic) bond motifs is 3. The van der Waals surface area contributed by atoms with Gasteiger partial charge in [-0.15, -0.1) is 11.3 Å². The quantitative estimate of drug-likeness (QED) is 0.753. The van der Waals surface area contributed by atoms with Gasteiger partial charge < -0.3 is 19.5 Å². The monoisotopic (exact) mass is 383 g/mol. The first-order valence-corrected chi connectivity index (χ1v) is 10.1. The molecule has 5 rings (SSSR count). The smallest absolute Gasteiger partial charge is 0.255 e. The van der Waals surface area contributed by atoms with Crippen molar-refractivity contribution in [3.8, 4) is 5.06 Å². The van der Waals surface area contributed by atoms with E-state index in [1.54, 1.807) is 13.4 Å². The maximum absolute atomic E-state index is 13.2. The Kier molecular flexibility index (Phi) is 4.00. The number of nitrogens with one attached hydrogen (secondary N) is 1. The number of hydrogen-bond acceptors (Lipinski definition) is 6. The highest BCUT2D eigenvalue weighted by atomic mass is 32.1. The molecule has 1 amide bonds. The molecule has 0 saturated carbocycles. The second-order valence-electron chi connectivity index (χ2n) is 7.15. The number of carbonyl (C=O) groups is 1. The number of hydrogen-bond donors (Lipinski definition) is 1. The van der Waals surface area contributed by atoms with Crippen LogP contribution >= 0.6 is 11.3 Å². The fraction of sp³-hybridized carbons (Fsp3) is 0.421. The summed E-state index contributed by atoms with van der Waals surface area (Å²) in [6, 6.07) is 4.29. The standard InChI is InChI=1S/C19H21N5O2S/c1-26-16-7-12(10-27-16)19(25)24-13-3-2-4-14(24)9-23(8-13)18-15-5-6-20-17(15)21-11-22-18/h5-7,10-11,13-14H,2-4,8-9H2,1H3,(H,20,21,22). The number of rotatable bonds is 3. The van der Waals surface area contributed by atoms with Gasteiger partial charge >= 0.3 is 0 Å². The fourth-order valence-electron chi connectivity index (χ4n) is 4.41. The van der Waals surface area contributed by atoms with Gasteiger partial charge in [-0.1, -0.05) is 0 Å². The highest BCUT2D eigenvalue weighted by molar-refractivity contribution is 7.12. The number of amides is 1. The SMILES string of the molecule is COc1cc(C(=O)N2C3CCCC2CN(c2ncnc4[nH]ccc24)C3)cs1. The topological polar surface area (TPSA) is 74.3 Å². The number of thiophene rings is 1. The van der Waals surface area contributed by atoms with E-state index in [4.69, 9.17) is 4.74 Å². The van der Waals surface area contributed by atoms with Crippen molar-refractivity contribution in [2.45, 2.75) is 31.3 Å². The highest BCUT2D eigenvalue weighted by Gasteiger charge is 2.41. The van der Waals surface area contributed by atoms with Gasteiger partial charge in [0.25, 0.3) is 5.91 Å². The van der Waals surface area contributed by atoms with E-state index in [0.29, 0.717) is 0 Å². The Morgan fingerprint density at radius 1 is 1.30 bits per heavy atom. The summed E-state index contributed by atoms with van der Waals surface area (Å²) in [4.78, 5) is 29.6. The average Bonchev–Trinajstić information content (AvgIpc) is 3.35. The Morgan fingerprint density at radius 2 is 2.11 bits per heavy atom. The number of anilines is 1. The minimum Gasteiger partial charge on any atom is -0.487 e. The summed E-state index contributed by atoms with van der Waals surface area (Å²) >= 11 is 1.47. The largest absolute Gasteiger partial charge is 0.487 e. The lowest BCUT2D eigenvalue weighted by Crippen LogP contribution is -2.62. The summed E-state index contributed by atoms with van der Waals surface area (Å²) in [5, 5.41) is 3.72. The van der Waals surface area contributed by atoms with E-state index >= 15 is 0 Å². The Morgan fingerprint density at radius 3 is 2.85 bits per heavy atom. The first-order valence-electron chi connectivity index (χ1n) is 9.23. The molecule has 2 atom stereocenters. The van der Waals surface area contributed by atoms with Crippen LogP contribution in [0.4, 0.5) is 5.82 Å². The van der Waals surface area contributed by atoms with Crippen LogP contribution in [-0.4, -0.2) is 58.0 Å². The van der Waals surface area contributed by atoms with Crippen molar-refractivity contribution in [1.82, 2.24) is 19.9 Å². The van der Waals surface area contributed by atoms with E-state index < -0.39 is 0 Å². The second kappa shape index (κ2) is 6.53. The molecule has 0 aromatic carbocycles. The number of methoxy groups -OCH3 is 1. The van der Waals surface area contributed by atoms with Crippen LogP contribution in [0.2, 0.25) is 0 Å². The third kappa shape index (κ3) is 2.75. The summed E-state index contributed by atoms with van der Waals surface area (Å²) in [7, 11) is 1.64. The molecule has 3 aromatic heterocycles. The number of nitrogens with zero attached hydrogens (tertiary/aromatic N) is 4. The molecule has 7 nitrogen and oxygen atoms in total. The molecule has 2 fully saturated rings. The molecule has 1 N–H and O–H groups in total. The zero-order valence-corrected chi connectivity index (χ0v) is 15.9. The van der Waals surface area contributed by atoms with Crippen molar-refractivity contribution < 1.29 is 9.53 Å². The first kappa shape index (κ1) is 16.6. The lowest BCUT2D eigenvalue weighted by Gasteiger charge is -2.50. The van der Waals surface area contributed by atoms with Gasteiger partial charge in [-0.05, 0) is 25.3 Å². The molecular formula is C19H21N5O2S. The molecule has 0 spiro atoms. The van der Waals surface area contributed by atoms with Crippen LogP contribution in [0.3, 0.4) is 0 Å². The van der Waals surface area contributed by atoms with Gasteiger partial charge in [-0.3, -0.25) is 4.79 Å². The summed E-state index contributed by atoms with van der Waals surface area (Å²) in [6.45, 7) is 1.61. The summed E-state index contributed by atoms with van der Waals surface area (Å²) in [6.07, 6.45) is 6.73. The van der Waals surface area contributed by atoms with Gasteiger partial charge in [0, 0.05) is 42.8 Å². The lowest BCUT2D eigenvalue weighted by atomic mass is 9.90. The fourth-order valence-corrected chi connectivity index (χ4v) is 5.11. The number of piperazine rings is 1. The minimum atomic E-state index is 0.123. The van der Waals surface area contributed by atoms with Gasteiger partial charge in [-0.2, -0.15) is 0 Å². The van der Waals surface area contributed by atoms with E-state index in [-0.39, 0.29) is 18.0 Å². The van der Waals surface area contributed by atoms with Crippen molar-refractivity contribution >= 4 is 34.1 Å². The van der Waals surface area contributed by atoms with Crippen LogP contribution in [-0.2, 0) is 0 Å². The van der Waals surface area contributed by atoms with Crippen molar-refractivity contribution in [2.75, 3.05) is 25.1 Å². The molecule has 2 bridgehead atoms. The molecule has 5 heterocycles. The van der Waals surface area contributed by atoms with Crippen LogP contribution < -0.4 is 9.64 Å². The van der Waals surface area contributed by atoms with Crippen molar-refractivity contribution in [3.05, 3.63) is 35.6 Å². The number of aromatic nitrogens is 3. The number of piperidine rings is 1. The zero-order chi connectivity index (χ0) is 18.4. The number of ether oxygens (including phenoxy) is 1. The first-order chi connectivity index (χ1) is 13.2. The molecule has 2 aliphatic heterocycles. The van der Waals surface area contributed by atoms with E-state index in [1.807, 2.05) is 23.7 Å². The zero-order valence-electron chi connectivity index (χ0n) is 15.1. The maximum Gasteiger partial charge on any atom is 0.255 e. The van der Waals surface area contributed by atoms with Crippen molar-refractivity contribution in [3.63, 3.8) is 0 Å². The number of carbonyl (C=O) groups excluding carboxylic acids is 1. The van der Waals surface area contributed by atoms with Crippen LogP contribution in [0, 0.1) is 0 Å². The number of H-pyrrole nitrogens is 1. The molecular weight excluding hydrogens is 362 g/mol. The summed E-state index contributed by atoms with van der Waals surface area (Å²) in [5.74, 6) is 1.08. The van der Waals surface area contributed by atoms with Crippen molar-refractivity contribution in [1.29, 1.82) is 0 Å². The van der Waals surface area contributed by atoms with Gasteiger partial charge in [0.1, 0.15) is 17.8 Å². The normalized spacial score (nSPS) is 22.3. The molecule has 2 saturated heterocycles. The van der Waals surface area contributed by atoms with Gasteiger partial charge in [0.15, 0.2) is 5.06 Å². The molecule has 0 aliphatic carbocycles. The van der Waals surface area contributed by atoms with E-state index in [9.17, 15) is 4.79 Å². The third-order valence-electron chi connectivity index (χ3n) is 5.61. The Bertz CT molecular complexity index is 969. The summed E-state index contributed by atoms with van der Waals surface area (Å²) in [5.41, 5.74) is 1.59. The van der Waals surface area contributed by atoms with Crippen LogP contribution in [0.15, 0.2) is 30.0 Å². The minimum absolute atomic E-state index is 0.123. The van der Waals surface area contributed by atoms with Gasteiger partial charge in [0.05, 0.1) is 18.1 Å². The molecule has 8 heteroatoms. The summed E-state index contributed by atoms with van der Waals surface area (Å²) < 4.78 is 5.26. The van der Waals surface area contributed by atoms with Gasteiger partial charge in [0.2, 0.25) is 0 Å². The van der Waals surface area contributed by atoms with E-state index in [2.05, 4.69) is 24.8 Å². The second-order valence-corrected chi connectivity index (χ2v) is 8.03. The average molecular weight is 383 g/mol. The van der Waals surface area contributed by atoms with E-state index in [0.717, 1.165) is 53.4 Å². The molecule has 27 heavy (non-hydrogen) atoms. The maximum atomic E-state index is 13.2. The molecule has 2 unspecified atom stereocenters. The Labute approximate surface area is 161 Å². The Balaban J connectivity index is 1.43. The number of aromatic amines is 1. The van der Waals surface area contributed by atoms with Gasteiger partial charge in [-0.25, -0.2) is 9.97 Å². The third-order valence-corrected chi connectivity index (χ3v) is 6.50. The lowest BCUT2D eigenvalue weighted by molar-refractivity contribution is 0.0392. The predicted molar refractivity (Wildman–Crippen MR) is 105 cm³/mol. The van der Waals surface area contributed by atoms with Crippen LogP contribution in [0.5, 0.6) is 5.06 Å². The van der Waals surface area contributed by atoms with Crippen molar-refractivity contribution in [2.24, 2.45) is 0 Å². The molecule has 140 valence electrons. The predicted octanol–water partition coefficient (Wildman–Crippen LogP) is 2.91. The Hall–Kier alpha value is -2.61.